The Balaban J connectivity index is 0.00000280. The Morgan fingerprint density at radius 2 is 1.50 bits per heavy atom. The molecular weight excluding hydrogens is 370 g/mol. The molecule has 0 unspecified atom stereocenters. The molecule has 0 amide bonds. The molecule has 2 N–H and O–H groups in total. The number of benzene rings is 2. The maximum absolute atomic E-state index is 5.84. The molecule has 1 heterocycles. The predicted molar refractivity (Wildman–Crippen MR) is 117 cm³/mol. The average molecular weight is 398 g/mol. The summed E-state index contributed by atoms with van der Waals surface area (Å²) in [5.74, 6) is 0.880. The highest BCUT2D eigenvalue weighted by Gasteiger charge is 2.06. The van der Waals surface area contributed by atoms with E-state index in [4.69, 9.17) is 10.5 Å². The molecule has 0 spiro atoms. The first-order chi connectivity index (χ1) is 13.3. The summed E-state index contributed by atoms with van der Waals surface area (Å²) in [6.45, 7) is 4.02. The summed E-state index contributed by atoms with van der Waals surface area (Å²) in [5, 5.41) is 0. The molecule has 0 aliphatic heterocycles. The van der Waals surface area contributed by atoms with Gasteiger partial charge in [0.2, 0.25) is 0 Å². The van der Waals surface area contributed by atoms with E-state index in [2.05, 4.69) is 52.3 Å². The van der Waals surface area contributed by atoms with E-state index in [0.717, 1.165) is 37.4 Å². The molecule has 1 aromatic heterocycles. The lowest BCUT2D eigenvalue weighted by Gasteiger charge is -2.22. The van der Waals surface area contributed by atoms with Crippen LogP contribution in [0.15, 0.2) is 79.1 Å². The van der Waals surface area contributed by atoms with E-state index in [-0.39, 0.29) is 12.4 Å². The Morgan fingerprint density at radius 1 is 0.786 bits per heavy atom. The third-order valence-corrected chi connectivity index (χ3v) is 4.49. The molecule has 148 valence electrons. The lowest BCUT2D eigenvalue weighted by molar-refractivity contribution is 0.276. The van der Waals surface area contributed by atoms with Crippen LogP contribution in [0.1, 0.15) is 16.7 Å². The fraction of sp³-hybridized carbons (Fsp3) is 0.261. The van der Waals surface area contributed by atoms with Gasteiger partial charge < -0.3 is 10.5 Å². The minimum atomic E-state index is 0. The monoisotopic (exact) mass is 397 g/mol. The van der Waals surface area contributed by atoms with Crippen molar-refractivity contribution in [1.29, 1.82) is 0 Å². The maximum atomic E-state index is 5.84. The van der Waals surface area contributed by atoms with Crippen LogP contribution in [0.3, 0.4) is 0 Å². The van der Waals surface area contributed by atoms with E-state index in [9.17, 15) is 0 Å². The van der Waals surface area contributed by atoms with Crippen LogP contribution in [0, 0.1) is 0 Å². The van der Waals surface area contributed by atoms with Gasteiger partial charge in [-0.05, 0) is 47.4 Å². The van der Waals surface area contributed by atoms with Crippen molar-refractivity contribution < 1.29 is 4.74 Å². The van der Waals surface area contributed by atoms with Crippen molar-refractivity contribution >= 4 is 12.4 Å². The molecule has 4 nitrogen and oxygen atoms in total. The molecule has 3 rings (SSSR count). The van der Waals surface area contributed by atoms with E-state index in [0.29, 0.717) is 13.2 Å². The van der Waals surface area contributed by atoms with Gasteiger partial charge in [-0.15, -0.1) is 12.4 Å². The Labute approximate surface area is 173 Å². The molecule has 0 aliphatic rings. The highest BCUT2D eigenvalue weighted by Crippen LogP contribution is 2.15. The van der Waals surface area contributed by atoms with Gasteiger partial charge in [0.25, 0.3) is 0 Å². The summed E-state index contributed by atoms with van der Waals surface area (Å²) in [6.07, 6.45) is 4.60. The summed E-state index contributed by atoms with van der Waals surface area (Å²) in [4.78, 5) is 6.42. The van der Waals surface area contributed by atoms with Crippen molar-refractivity contribution in [3.63, 3.8) is 0 Å². The number of halogens is 1. The van der Waals surface area contributed by atoms with Crippen molar-refractivity contribution in [2.75, 3.05) is 19.6 Å². The second-order valence-corrected chi connectivity index (χ2v) is 6.59. The Hall–Kier alpha value is -2.40. The standard InChI is InChI=1S/C23H27N3O.ClH/c24-13-17-26(16-12-20-4-2-1-3-5-20)18-21-6-8-23(9-7-21)27-19-22-10-14-25-15-11-22;/h1-11,14-15H,12-13,16-19,24H2;1H. The molecule has 28 heavy (non-hydrogen) atoms. The van der Waals surface area contributed by atoms with E-state index < -0.39 is 0 Å². The van der Waals surface area contributed by atoms with Crippen molar-refractivity contribution in [2.24, 2.45) is 5.73 Å². The zero-order valence-electron chi connectivity index (χ0n) is 16.0. The summed E-state index contributed by atoms with van der Waals surface area (Å²) in [7, 11) is 0. The molecule has 2 aromatic carbocycles. The van der Waals surface area contributed by atoms with E-state index in [1.807, 2.05) is 24.3 Å². The molecule has 0 radical (unpaired) electrons. The van der Waals surface area contributed by atoms with Gasteiger partial charge in [-0.2, -0.15) is 0 Å². The summed E-state index contributed by atoms with van der Waals surface area (Å²) < 4.78 is 5.84. The number of ether oxygens (including phenoxy) is 1. The topological polar surface area (TPSA) is 51.4 Å². The third kappa shape index (κ3) is 7.31. The molecule has 0 bridgehead atoms. The minimum Gasteiger partial charge on any atom is -0.489 e. The molecule has 0 fully saturated rings. The lowest BCUT2D eigenvalue weighted by Crippen LogP contribution is -2.31. The van der Waals surface area contributed by atoms with Crippen molar-refractivity contribution in [2.45, 2.75) is 19.6 Å². The van der Waals surface area contributed by atoms with Gasteiger partial charge in [0, 0.05) is 38.6 Å². The van der Waals surface area contributed by atoms with Gasteiger partial charge in [-0.3, -0.25) is 9.88 Å². The first kappa shape index (κ1) is 21.9. The summed E-state index contributed by atoms with van der Waals surface area (Å²) in [5.41, 5.74) is 9.55. The molecule has 3 aromatic rings. The van der Waals surface area contributed by atoms with Crippen LogP contribution in [0.5, 0.6) is 5.75 Å². The zero-order valence-corrected chi connectivity index (χ0v) is 16.9. The van der Waals surface area contributed by atoms with E-state index in [1.165, 1.54) is 11.1 Å². The van der Waals surface area contributed by atoms with Gasteiger partial charge in [-0.25, -0.2) is 0 Å². The Morgan fingerprint density at radius 3 is 2.18 bits per heavy atom. The maximum Gasteiger partial charge on any atom is 0.119 e. The molecule has 0 saturated carbocycles. The van der Waals surface area contributed by atoms with Gasteiger partial charge in [0.1, 0.15) is 12.4 Å². The lowest BCUT2D eigenvalue weighted by atomic mass is 10.1. The van der Waals surface area contributed by atoms with Crippen molar-refractivity contribution in [1.82, 2.24) is 9.88 Å². The average Bonchev–Trinajstić information content (AvgIpc) is 2.73. The Bertz CT molecular complexity index is 782. The Kier molecular flexibility index (Phi) is 9.49. The van der Waals surface area contributed by atoms with E-state index >= 15 is 0 Å². The zero-order chi connectivity index (χ0) is 18.7. The van der Waals surface area contributed by atoms with Gasteiger partial charge in [0.15, 0.2) is 0 Å². The number of rotatable bonds is 10. The van der Waals surface area contributed by atoms with Crippen LogP contribution in [-0.2, 0) is 19.6 Å². The molecular formula is C23H28ClN3O. The summed E-state index contributed by atoms with van der Waals surface area (Å²) in [6, 6.07) is 22.9. The van der Waals surface area contributed by atoms with Crippen LogP contribution < -0.4 is 10.5 Å². The van der Waals surface area contributed by atoms with Crippen LogP contribution >= 0.6 is 12.4 Å². The SMILES string of the molecule is Cl.NCCN(CCc1ccccc1)Cc1ccc(OCc2ccncc2)cc1. The van der Waals surface area contributed by atoms with Crippen LogP contribution in [-0.4, -0.2) is 29.5 Å². The molecule has 0 aliphatic carbocycles. The van der Waals surface area contributed by atoms with Crippen LogP contribution in [0.4, 0.5) is 0 Å². The molecule has 0 saturated heterocycles. The van der Waals surface area contributed by atoms with Gasteiger partial charge >= 0.3 is 0 Å². The number of hydrogen-bond acceptors (Lipinski definition) is 4. The van der Waals surface area contributed by atoms with Crippen molar-refractivity contribution in [3.8, 4) is 5.75 Å². The highest BCUT2D eigenvalue weighted by atomic mass is 35.5. The fourth-order valence-electron chi connectivity index (χ4n) is 2.98. The fourth-order valence-corrected chi connectivity index (χ4v) is 2.98. The van der Waals surface area contributed by atoms with Gasteiger partial charge in [0.05, 0.1) is 0 Å². The summed E-state index contributed by atoms with van der Waals surface area (Å²) >= 11 is 0. The molecule has 5 heteroatoms. The van der Waals surface area contributed by atoms with Crippen LogP contribution in [0.25, 0.3) is 0 Å². The van der Waals surface area contributed by atoms with Gasteiger partial charge in [-0.1, -0.05) is 42.5 Å². The predicted octanol–water partition coefficient (Wildman–Crippen LogP) is 4.09. The number of pyridine rings is 1. The second kappa shape index (κ2) is 12.1. The number of nitrogens with two attached hydrogens (primary N) is 1. The van der Waals surface area contributed by atoms with Crippen molar-refractivity contribution in [3.05, 3.63) is 95.8 Å². The first-order valence-electron chi connectivity index (χ1n) is 9.40. The quantitative estimate of drug-likeness (QED) is 0.560. The second-order valence-electron chi connectivity index (χ2n) is 6.59. The molecule has 0 atom stereocenters. The first-order valence-corrected chi connectivity index (χ1v) is 9.40. The number of hydrogen-bond donors (Lipinski definition) is 1. The third-order valence-electron chi connectivity index (χ3n) is 4.49. The highest BCUT2D eigenvalue weighted by molar-refractivity contribution is 5.85. The largest absolute Gasteiger partial charge is 0.489 e. The normalized spacial score (nSPS) is 10.5. The minimum absolute atomic E-state index is 0. The smallest absolute Gasteiger partial charge is 0.119 e. The van der Waals surface area contributed by atoms with Crippen LogP contribution in [0.2, 0.25) is 0 Å². The number of aromatic nitrogens is 1. The number of nitrogens with zero attached hydrogens (tertiary/aromatic N) is 2. The van der Waals surface area contributed by atoms with E-state index in [1.54, 1.807) is 12.4 Å².